The molecule has 42 heavy (non-hydrogen) atoms. The second-order valence-electron chi connectivity index (χ2n) is 10.4. The van der Waals surface area contributed by atoms with Crippen LogP contribution >= 0.6 is 0 Å². The van der Waals surface area contributed by atoms with Crippen LogP contribution in [0.15, 0.2) is 60.7 Å². The van der Waals surface area contributed by atoms with Gasteiger partial charge in [-0.3, -0.25) is 0 Å². The molecule has 226 valence electrons. The molecule has 3 aliphatic rings. The largest absolute Gasteiger partial charge is 0.467 e. The molecule has 0 radical (unpaired) electrons. The van der Waals surface area contributed by atoms with Crippen LogP contribution in [0.4, 0.5) is 4.79 Å². The molecule has 2 aromatic rings. The van der Waals surface area contributed by atoms with Gasteiger partial charge < -0.3 is 43.6 Å². The van der Waals surface area contributed by atoms with Crippen LogP contribution in [0.3, 0.4) is 0 Å². The third kappa shape index (κ3) is 6.27. The molecule has 3 saturated heterocycles. The van der Waals surface area contributed by atoms with E-state index in [-0.39, 0.29) is 6.61 Å². The summed E-state index contributed by atoms with van der Waals surface area (Å²) >= 11 is 0. The molecule has 0 saturated carbocycles. The molecule has 5 unspecified atom stereocenters. The van der Waals surface area contributed by atoms with Gasteiger partial charge in [-0.2, -0.15) is 0 Å². The van der Waals surface area contributed by atoms with Crippen molar-refractivity contribution in [1.82, 2.24) is 5.32 Å². The standard InChI is InChI=1S/C30H35NO11/c1-4-19-21(32)23-20(31-30(35)42-23)29(39-19)41-25-24(37-15-17-11-7-5-8-12-17)22(16(2)38-26(25)28(34)36-3)40-27(33)18-13-9-6-10-14-18/h5-14,16,19-26,29,32H,4,15H2,1-3H3,(H,31,35)/t16-,19?,20?,21-,22?,23?,24-,25+,26?,29-/m0/s1. The van der Waals surface area contributed by atoms with Crippen LogP contribution in [-0.4, -0.2) is 91.4 Å². The number of methoxy groups -OCH3 is 1. The summed E-state index contributed by atoms with van der Waals surface area (Å²) in [7, 11) is 1.22. The quantitative estimate of drug-likeness (QED) is 0.329. The number of aliphatic hydroxyl groups is 1. The summed E-state index contributed by atoms with van der Waals surface area (Å²) in [5, 5.41) is 13.3. The number of carbonyl (C=O) groups is 3. The van der Waals surface area contributed by atoms with Crippen molar-refractivity contribution >= 4 is 18.0 Å². The van der Waals surface area contributed by atoms with Gasteiger partial charge in [0.2, 0.25) is 0 Å². The van der Waals surface area contributed by atoms with Crippen LogP contribution in [0.1, 0.15) is 36.2 Å². The average molecular weight is 586 g/mol. The Hall–Kier alpha value is -3.55. The van der Waals surface area contributed by atoms with E-state index in [1.807, 2.05) is 37.3 Å². The first-order valence-electron chi connectivity index (χ1n) is 13.9. The first-order chi connectivity index (χ1) is 20.3. The number of hydrogen-bond acceptors (Lipinski definition) is 11. The van der Waals surface area contributed by atoms with Gasteiger partial charge in [0.25, 0.3) is 0 Å². The van der Waals surface area contributed by atoms with Crippen LogP contribution < -0.4 is 5.32 Å². The van der Waals surface area contributed by atoms with E-state index in [4.69, 9.17) is 33.2 Å². The van der Waals surface area contributed by atoms with Crippen LogP contribution in [0.2, 0.25) is 0 Å². The maximum atomic E-state index is 13.2. The normalized spacial score (nSPS) is 34.0. The van der Waals surface area contributed by atoms with E-state index >= 15 is 0 Å². The van der Waals surface area contributed by atoms with Crippen molar-refractivity contribution in [3.05, 3.63) is 71.8 Å². The Morgan fingerprint density at radius 1 is 0.976 bits per heavy atom. The lowest BCUT2D eigenvalue weighted by molar-refractivity contribution is -0.314. The summed E-state index contributed by atoms with van der Waals surface area (Å²) in [6, 6.07) is 16.9. The zero-order valence-electron chi connectivity index (χ0n) is 23.5. The summed E-state index contributed by atoms with van der Waals surface area (Å²) in [4.78, 5) is 38.3. The number of aliphatic hydroxyl groups excluding tert-OH is 1. The molecule has 3 fully saturated rings. The van der Waals surface area contributed by atoms with Gasteiger partial charge in [-0.1, -0.05) is 55.5 Å². The highest BCUT2D eigenvalue weighted by molar-refractivity contribution is 5.89. The number of benzene rings is 2. The molecular formula is C30H35NO11. The van der Waals surface area contributed by atoms with Gasteiger partial charge in [0.05, 0.1) is 31.5 Å². The van der Waals surface area contributed by atoms with Crippen molar-refractivity contribution in [2.75, 3.05) is 7.11 Å². The lowest BCUT2D eigenvalue weighted by Crippen LogP contribution is -2.66. The van der Waals surface area contributed by atoms with Crippen LogP contribution in [0, 0.1) is 0 Å². The highest BCUT2D eigenvalue weighted by Crippen LogP contribution is 2.35. The average Bonchev–Trinajstić information content (AvgIpc) is 3.42. The van der Waals surface area contributed by atoms with E-state index < -0.39 is 79.2 Å². The monoisotopic (exact) mass is 585 g/mol. The molecule has 2 aromatic carbocycles. The molecule has 3 heterocycles. The van der Waals surface area contributed by atoms with Gasteiger partial charge in [0.15, 0.2) is 24.6 Å². The number of hydrogen-bond donors (Lipinski definition) is 2. The van der Waals surface area contributed by atoms with E-state index in [0.29, 0.717) is 12.0 Å². The minimum Gasteiger partial charge on any atom is -0.467 e. The lowest BCUT2D eigenvalue weighted by atomic mass is 9.93. The van der Waals surface area contributed by atoms with Gasteiger partial charge in [-0.25, -0.2) is 14.4 Å². The molecule has 5 rings (SSSR count). The minimum absolute atomic E-state index is 0.0963. The van der Waals surface area contributed by atoms with Gasteiger partial charge >= 0.3 is 18.0 Å². The first-order valence-corrected chi connectivity index (χ1v) is 13.9. The van der Waals surface area contributed by atoms with Gasteiger partial charge in [0, 0.05) is 0 Å². The highest BCUT2D eigenvalue weighted by Gasteiger charge is 2.57. The van der Waals surface area contributed by atoms with Crippen LogP contribution in [-0.2, 0) is 44.6 Å². The topological polar surface area (TPSA) is 148 Å². The number of fused-ring (bicyclic) bond motifs is 1. The number of nitrogens with one attached hydrogen (secondary N) is 1. The summed E-state index contributed by atoms with van der Waals surface area (Å²) < 4.78 is 41.2. The summed E-state index contributed by atoms with van der Waals surface area (Å²) in [5.74, 6) is -1.35. The third-order valence-electron chi connectivity index (χ3n) is 7.64. The molecule has 0 bridgehead atoms. The van der Waals surface area contributed by atoms with Gasteiger partial charge in [-0.15, -0.1) is 0 Å². The SMILES string of the molecule is CCC1O[C@@H](O[C@H]2C(C(=O)OC)O[C@@H](C)C(OC(=O)c3ccccc3)[C@@H]2OCc2ccccc2)C2NC(=O)OC2[C@H]1O. The molecule has 10 atom stereocenters. The fourth-order valence-electron chi connectivity index (χ4n) is 5.46. The maximum Gasteiger partial charge on any atom is 0.408 e. The number of ether oxygens (including phenoxy) is 7. The molecule has 12 nitrogen and oxygen atoms in total. The van der Waals surface area contributed by atoms with Crippen molar-refractivity contribution in [3.63, 3.8) is 0 Å². The number of rotatable bonds is 9. The van der Waals surface area contributed by atoms with Crippen molar-refractivity contribution in [2.24, 2.45) is 0 Å². The second kappa shape index (κ2) is 13.2. The smallest absolute Gasteiger partial charge is 0.408 e. The third-order valence-corrected chi connectivity index (χ3v) is 7.64. The number of carbonyl (C=O) groups excluding carboxylic acids is 3. The highest BCUT2D eigenvalue weighted by atomic mass is 16.7. The number of esters is 2. The predicted molar refractivity (Wildman–Crippen MR) is 144 cm³/mol. The molecule has 12 heteroatoms. The van der Waals surface area contributed by atoms with E-state index in [1.54, 1.807) is 37.3 Å². The molecule has 3 aliphatic heterocycles. The zero-order chi connectivity index (χ0) is 29.8. The first kappa shape index (κ1) is 29.9. The van der Waals surface area contributed by atoms with E-state index in [9.17, 15) is 19.5 Å². The van der Waals surface area contributed by atoms with E-state index in [0.717, 1.165) is 5.56 Å². The number of alkyl carbamates (subject to hydrolysis) is 1. The van der Waals surface area contributed by atoms with Crippen LogP contribution in [0.25, 0.3) is 0 Å². The van der Waals surface area contributed by atoms with Gasteiger partial charge in [0.1, 0.15) is 24.4 Å². The van der Waals surface area contributed by atoms with E-state index in [2.05, 4.69) is 5.32 Å². The Labute approximate surface area is 243 Å². The number of amides is 1. The fourth-order valence-corrected chi connectivity index (χ4v) is 5.46. The second-order valence-corrected chi connectivity index (χ2v) is 10.4. The molecule has 0 aromatic heterocycles. The summed E-state index contributed by atoms with van der Waals surface area (Å²) in [5.41, 5.74) is 1.15. The zero-order valence-corrected chi connectivity index (χ0v) is 23.5. The van der Waals surface area contributed by atoms with Gasteiger partial charge in [-0.05, 0) is 31.0 Å². The molecule has 1 amide bonds. The fraction of sp³-hybridized carbons (Fsp3) is 0.500. The Bertz CT molecular complexity index is 1230. The lowest BCUT2D eigenvalue weighted by Gasteiger charge is -2.47. The Morgan fingerprint density at radius 3 is 2.33 bits per heavy atom. The van der Waals surface area contributed by atoms with Crippen LogP contribution in [0.5, 0.6) is 0 Å². The Balaban J connectivity index is 1.48. The summed E-state index contributed by atoms with van der Waals surface area (Å²) in [6.07, 6.45) is -9.66. The molecule has 0 spiro atoms. The maximum absolute atomic E-state index is 13.2. The minimum atomic E-state index is -1.30. The summed E-state index contributed by atoms with van der Waals surface area (Å²) in [6.45, 7) is 3.57. The van der Waals surface area contributed by atoms with Crippen molar-refractivity contribution in [2.45, 2.75) is 88.0 Å². The molecule has 0 aliphatic carbocycles. The van der Waals surface area contributed by atoms with Crippen molar-refractivity contribution in [3.8, 4) is 0 Å². The van der Waals surface area contributed by atoms with E-state index in [1.165, 1.54) is 7.11 Å². The predicted octanol–water partition coefficient (Wildman–Crippen LogP) is 2.12. The Kier molecular flexibility index (Phi) is 9.39. The van der Waals surface area contributed by atoms with Crippen molar-refractivity contribution in [1.29, 1.82) is 0 Å². The molecule has 2 N–H and O–H groups in total. The molecular weight excluding hydrogens is 550 g/mol. The Morgan fingerprint density at radius 2 is 1.67 bits per heavy atom. The van der Waals surface area contributed by atoms with Crippen molar-refractivity contribution < 1.29 is 52.6 Å².